The first-order valence-electron chi connectivity index (χ1n) is 8.88. The van der Waals surface area contributed by atoms with Crippen molar-refractivity contribution in [2.45, 2.75) is 31.6 Å². The first-order valence-corrected chi connectivity index (χ1v) is 9.25. The molecule has 4 rings (SSSR count). The Hall–Kier alpha value is -2.47. The Morgan fingerprint density at radius 1 is 1.23 bits per heavy atom. The molecule has 1 N–H and O–H groups in total. The van der Waals surface area contributed by atoms with Crippen molar-refractivity contribution < 1.29 is 4.79 Å². The molecule has 1 aromatic carbocycles. The monoisotopic (exact) mass is 369 g/mol. The Morgan fingerprint density at radius 3 is 2.88 bits per heavy atom. The van der Waals surface area contributed by atoms with E-state index >= 15 is 0 Å². The molecule has 1 atom stereocenters. The topological polar surface area (TPSA) is 74.8 Å². The van der Waals surface area contributed by atoms with Crippen LogP contribution in [0.2, 0.25) is 5.02 Å². The van der Waals surface area contributed by atoms with Crippen molar-refractivity contribution in [2.24, 2.45) is 0 Å². The minimum absolute atomic E-state index is 0.194. The summed E-state index contributed by atoms with van der Waals surface area (Å²) in [6, 6.07) is 7.68. The number of amides is 1. The number of halogens is 1. The fourth-order valence-electron chi connectivity index (χ4n) is 3.55. The van der Waals surface area contributed by atoms with E-state index in [1.807, 2.05) is 29.2 Å². The zero-order chi connectivity index (χ0) is 17.9. The molecule has 1 aliphatic heterocycles. The third-order valence-corrected chi connectivity index (χ3v) is 5.19. The average molecular weight is 370 g/mol. The molecular weight excluding hydrogens is 350 g/mol. The fraction of sp³-hybridized carbons (Fsp3) is 0.368. The van der Waals surface area contributed by atoms with Crippen LogP contribution >= 0.6 is 11.6 Å². The van der Waals surface area contributed by atoms with Gasteiger partial charge in [-0.2, -0.15) is 5.10 Å². The van der Waals surface area contributed by atoms with Crippen molar-refractivity contribution in [2.75, 3.05) is 13.1 Å². The summed E-state index contributed by atoms with van der Waals surface area (Å²) in [5.41, 5.74) is 3.57. The number of aromatic amines is 1. The second-order valence-corrected chi connectivity index (χ2v) is 7.11. The number of nitrogens with one attached hydrogen (secondary N) is 1. The van der Waals surface area contributed by atoms with E-state index in [-0.39, 0.29) is 11.8 Å². The highest BCUT2D eigenvalue weighted by Crippen LogP contribution is 2.29. The van der Waals surface area contributed by atoms with Crippen LogP contribution in [0, 0.1) is 0 Å². The summed E-state index contributed by atoms with van der Waals surface area (Å²) in [4.78, 5) is 23.3. The number of hydrogen-bond donors (Lipinski definition) is 1. The lowest BCUT2D eigenvalue weighted by molar-refractivity contribution is -0.132. The maximum Gasteiger partial charge on any atom is 0.222 e. The van der Waals surface area contributed by atoms with Crippen LogP contribution in [0.1, 0.15) is 36.4 Å². The molecule has 7 heteroatoms. The Kier molecular flexibility index (Phi) is 4.84. The van der Waals surface area contributed by atoms with Gasteiger partial charge in [0.2, 0.25) is 5.91 Å². The van der Waals surface area contributed by atoms with E-state index < -0.39 is 0 Å². The first-order chi connectivity index (χ1) is 12.7. The van der Waals surface area contributed by atoms with E-state index in [4.69, 9.17) is 11.6 Å². The van der Waals surface area contributed by atoms with E-state index in [1.54, 1.807) is 12.4 Å². The standard InChI is InChI=1S/C19H20ClN5O/c20-15-6-3-13(4-7-15)5-8-16(26)25-11-1-2-14(12-25)17-18-19(24-23-17)22-10-9-21-18/h3-4,6-7,9-10,14H,1-2,5,8,11-12H2,(H,22,23,24)/t14-/m1/s1. The second-order valence-electron chi connectivity index (χ2n) is 6.67. The first kappa shape index (κ1) is 17.0. The van der Waals surface area contributed by atoms with E-state index in [0.29, 0.717) is 23.6 Å². The van der Waals surface area contributed by atoms with Crippen LogP contribution in [-0.4, -0.2) is 44.1 Å². The third kappa shape index (κ3) is 3.55. The molecule has 3 aromatic rings. The summed E-state index contributed by atoms with van der Waals surface area (Å²) in [5.74, 6) is 0.421. The molecule has 26 heavy (non-hydrogen) atoms. The zero-order valence-electron chi connectivity index (χ0n) is 14.4. The zero-order valence-corrected chi connectivity index (χ0v) is 15.1. The SMILES string of the molecule is O=C(CCc1ccc(Cl)cc1)N1CCC[C@@H](c2[nH]nc3nccnc23)C1. The summed E-state index contributed by atoms with van der Waals surface area (Å²) in [7, 11) is 0. The Labute approximate surface area is 156 Å². The second kappa shape index (κ2) is 7.41. The molecular formula is C19H20ClN5O. The van der Waals surface area contributed by atoms with E-state index in [9.17, 15) is 4.79 Å². The van der Waals surface area contributed by atoms with Gasteiger partial charge in [0.25, 0.3) is 0 Å². The molecule has 1 aliphatic rings. The molecule has 1 saturated heterocycles. The van der Waals surface area contributed by atoms with Crippen molar-refractivity contribution in [3.8, 4) is 0 Å². The Balaban J connectivity index is 1.41. The summed E-state index contributed by atoms with van der Waals surface area (Å²) in [6.07, 6.45) is 6.57. The summed E-state index contributed by atoms with van der Waals surface area (Å²) in [6.45, 7) is 1.51. The van der Waals surface area contributed by atoms with E-state index in [1.165, 1.54) is 0 Å². The van der Waals surface area contributed by atoms with Gasteiger partial charge in [0.05, 0.1) is 5.69 Å². The molecule has 6 nitrogen and oxygen atoms in total. The summed E-state index contributed by atoms with van der Waals surface area (Å²) < 4.78 is 0. The predicted octanol–water partition coefficient (Wildman–Crippen LogP) is 3.35. The fourth-order valence-corrected chi connectivity index (χ4v) is 3.68. The van der Waals surface area contributed by atoms with E-state index in [0.717, 1.165) is 42.6 Å². The molecule has 0 bridgehead atoms. The highest BCUT2D eigenvalue weighted by molar-refractivity contribution is 6.30. The van der Waals surface area contributed by atoms with Crippen molar-refractivity contribution in [1.82, 2.24) is 25.1 Å². The van der Waals surface area contributed by atoms with Crippen molar-refractivity contribution in [3.05, 3.63) is 52.9 Å². The van der Waals surface area contributed by atoms with Crippen LogP contribution in [-0.2, 0) is 11.2 Å². The molecule has 1 amide bonds. The van der Waals surface area contributed by atoms with Crippen LogP contribution < -0.4 is 0 Å². The Morgan fingerprint density at radius 2 is 2.04 bits per heavy atom. The minimum atomic E-state index is 0.194. The molecule has 0 unspecified atom stereocenters. The highest BCUT2D eigenvalue weighted by Gasteiger charge is 2.27. The van der Waals surface area contributed by atoms with Gasteiger partial charge in [0.1, 0.15) is 5.52 Å². The maximum absolute atomic E-state index is 12.7. The summed E-state index contributed by atoms with van der Waals surface area (Å²) in [5, 5.41) is 8.03. The smallest absolute Gasteiger partial charge is 0.222 e. The number of fused-ring (bicyclic) bond motifs is 1. The number of aryl methyl sites for hydroxylation is 1. The molecule has 134 valence electrons. The van der Waals surface area contributed by atoms with Gasteiger partial charge in [-0.15, -0.1) is 0 Å². The molecule has 1 fully saturated rings. The number of hydrogen-bond acceptors (Lipinski definition) is 4. The van der Waals surface area contributed by atoms with E-state index in [2.05, 4.69) is 20.2 Å². The molecule has 0 aliphatic carbocycles. The summed E-state index contributed by atoms with van der Waals surface area (Å²) >= 11 is 5.91. The number of benzene rings is 1. The van der Waals surface area contributed by atoms with Gasteiger partial charge in [-0.05, 0) is 37.0 Å². The van der Waals surface area contributed by atoms with Gasteiger partial charge in [0.15, 0.2) is 5.65 Å². The van der Waals surface area contributed by atoms with Crippen molar-refractivity contribution in [1.29, 1.82) is 0 Å². The lowest BCUT2D eigenvalue weighted by Crippen LogP contribution is -2.39. The van der Waals surface area contributed by atoms with Gasteiger partial charge < -0.3 is 4.90 Å². The normalized spacial score (nSPS) is 17.6. The van der Waals surface area contributed by atoms with Crippen LogP contribution in [0.5, 0.6) is 0 Å². The van der Waals surface area contributed by atoms with Gasteiger partial charge in [-0.3, -0.25) is 9.89 Å². The quantitative estimate of drug-likeness (QED) is 0.765. The van der Waals surface area contributed by atoms with Crippen LogP contribution in [0.4, 0.5) is 0 Å². The molecule has 2 aromatic heterocycles. The van der Waals surface area contributed by atoms with Gasteiger partial charge in [-0.1, -0.05) is 23.7 Å². The third-order valence-electron chi connectivity index (χ3n) is 4.94. The lowest BCUT2D eigenvalue weighted by Gasteiger charge is -2.32. The van der Waals surface area contributed by atoms with Crippen molar-refractivity contribution in [3.63, 3.8) is 0 Å². The number of likely N-dealkylation sites (tertiary alicyclic amines) is 1. The maximum atomic E-state index is 12.7. The minimum Gasteiger partial charge on any atom is -0.342 e. The molecule has 3 heterocycles. The number of aromatic nitrogens is 4. The number of nitrogens with zero attached hydrogens (tertiary/aromatic N) is 4. The number of H-pyrrole nitrogens is 1. The number of piperidine rings is 1. The lowest BCUT2D eigenvalue weighted by atomic mass is 9.94. The Bertz CT molecular complexity index is 908. The van der Waals surface area contributed by atoms with Gasteiger partial charge in [0, 0.05) is 42.8 Å². The number of carbonyl (C=O) groups is 1. The van der Waals surface area contributed by atoms with Crippen LogP contribution in [0.3, 0.4) is 0 Å². The number of carbonyl (C=O) groups excluding carboxylic acids is 1. The van der Waals surface area contributed by atoms with Gasteiger partial charge >= 0.3 is 0 Å². The molecule has 0 saturated carbocycles. The highest BCUT2D eigenvalue weighted by atomic mass is 35.5. The number of rotatable bonds is 4. The largest absolute Gasteiger partial charge is 0.342 e. The van der Waals surface area contributed by atoms with Gasteiger partial charge in [-0.25, -0.2) is 9.97 Å². The van der Waals surface area contributed by atoms with Crippen LogP contribution in [0.25, 0.3) is 11.2 Å². The average Bonchev–Trinajstić information content (AvgIpc) is 3.11. The molecule has 0 radical (unpaired) electrons. The predicted molar refractivity (Wildman–Crippen MR) is 100 cm³/mol. The van der Waals surface area contributed by atoms with Crippen LogP contribution in [0.15, 0.2) is 36.7 Å². The molecule has 0 spiro atoms. The van der Waals surface area contributed by atoms with Crippen molar-refractivity contribution >= 4 is 28.7 Å².